The van der Waals surface area contributed by atoms with Crippen molar-refractivity contribution in [3.05, 3.63) is 23.9 Å². The predicted octanol–water partition coefficient (Wildman–Crippen LogP) is 1.36. The van der Waals surface area contributed by atoms with Crippen LogP contribution in [0.2, 0.25) is 0 Å². The number of likely N-dealkylation sites (tertiary alicyclic amines) is 1. The molecule has 0 aliphatic carbocycles. The van der Waals surface area contributed by atoms with Gasteiger partial charge in [-0.05, 0) is 25.0 Å². The van der Waals surface area contributed by atoms with Gasteiger partial charge in [0, 0.05) is 31.9 Å². The van der Waals surface area contributed by atoms with Crippen LogP contribution in [0.1, 0.15) is 23.2 Å². The van der Waals surface area contributed by atoms with Crippen LogP contribution in [-0.4, -0.2) is 35.9 Å². The van der Waals surface area contributed by atoms with E-state index in [0.29, 0.717) is 0 Å². The van der Waals surface area contributed by atoms with Crippen LogP contribution in [0.15, 0.2) is 18.3 Å². The van der Waals surface area contributed by atoms with Crippen LogP contribution in [0.3, 0.4) is 0 Å². The summed E-state index contributed by atoms with van der Waals surface area (Å²) in [4.78, 5) is 18.0. The van der Waals surface area contributed by atoms with Crippen molar-refractivity contribution < 1.29 is 4.79 Å². The molecule has 0 bridgehead atoms. The molecule has 0 unspecified atom stereocenters. The van der Waals surface area contributed by atoms with E-state index in [1.165, 1.54) is 0 Å². The molecular weight excluding hydrogens is 190 g/mol. The van der Waals surface area contributed by atoms with Crippen molar-refractivity contribution in [2.75, 3.05) is 25.5 Å². The van der Waals surface area contributed by atoms with Gasteiger partial charge in [0.25, 0.3) is 5.91 Å². The van der Waals surface area contributed by atoms with E-state index in [9.17, 15) is 4.79 Å². The van der Waals surface area contributed by atoms with Crippen molar-refractivity contribution in [2.24, 2.45) is 0 Å². The number of hydrogen-bond acceptors (Lipinski definition) is 3. The second kappa shape index (κ2) is 4.29. The topological polar surface area (TPSA) is 45.2 Å². The van der Waals surface area contributed by atoms with Gasteiger partial charge in [0.15, 0.2) is 0 Å². The largest absolute Gasteiger partial charge is 0.373 e. The average Bonchev–Trinajstić information content (AvgIpc) is 2.81. The number of carbonyl (C=O) groups is 1. The summed E-state index contributed by atoms with van der Waals surface area (Å²) in [6, 6.07) is 3.56. The normalized spacial score (nSPS) is 15.4. The summed E-state index contributed by atoms with van der Waals surface area (Å²) in [6.07, 6.45) is 3.90. The zero-order chi connectivity index (χ0) is 10.7. The second-order valence-corrected chi connectivity index (χ2v) is 3.68. The molecule has 0 radical (unpaired) electrons. The van der Waals surface area contributed by atoms with Gasteiger partial charge in [0.05, 0.1) is 0 Å². The minimum atomic E-state index is 0.117. The van der Waals surface area contributed by atoms with Gasteiger partial charge in [-0.15, -0.1) is 0 Å². The first-order valence-electron chi connectivity index (χ1n) is 5.24. The van der Waals surface area contributed by atoms with Gasteiger partial charge >= 0.3 is 0 Å². The molecule has 15 heavy (non-hydrogen) atoms. The van der Waals surface area contributed by atoms with Gasteiger partial charge in [-0.25, -0.2) is 4.98 Å². The maximum absolute atomic E-state index is 12.0. The fourth-order valence-electron chi connectivity index (χ4n) is 1.80. The number of pyridine rings is 1. The summed E-state index contributed by atoms with van der Waals surface area (Å²) in [6.45, 7) is 1.77. The van der Waals surface area contributed by atoms with Crippen LogP contribution in [0, 0.1) is 0 Å². The Morgan fingerprint density at radius 2 is 2.20 bits per heavy atom. The Balaban J connectivity index is 2.17. The fraction of sp³-hybridized carbons (Fsp3) is 0.455. The summed E-state index contributed by atoms with van der Waals surface area (Å²) in [7, 11) is 1.80. The van der Waals surface area contributed by atoms with Crippen LogP contribution in [-0.2, 0) is 0 Å². The van der Waals surface area contributed by atoms with Gasteiger partial charge in [-0.1, -0.05) is 0 Å². The third kappa shape index (κ3) is 2.09. The molecule has 4 nitrogen and oxygen atoms in total. The maximum atomic E-state index is 12.0. The summed E-state index contributed by atoms with van der Waals surface area (Å²) in [5.74, 6) is 0.853. The first-order valence-corrected chi connectivity index (χ1v) is 5.24. The maximum Gasteiger partial charge on any atom is 0.254 e. The van der Waals surface area contributed by atoms with Crippen molar-refractivity contribution in [3.8, 4) is 0 Å². The number of hydrogen-bond donors (Lipinski definition) is 1. The van der Waals surface area contributed by atoms with Crippen molar-refractivity contribution in [1.82, 2.24) is 9.88 Å². The number of anilines is 1. The molecule has 1 aromatic heterocycles. The highest BCUT2D eigenvalue weighted by atomic mass is 16.2. The molecule has 0 spiro atoms. The Morgan fingerprint density at radius 1 is 1.47 bits per heavy atom. The summed E-state index contributed by atoms with van der Waals surface area (Å²) in [5, 5.41) is 2.93. The number of aromatic nitrogens is 1. The minimum absolute atomic E-state index is 0.117. The Morgan fingerprint density at radius 3 is 2.87 bits per heavy atom. The zero-order valence-corrected chi connectivity index (χ0v) is 8.86. The number of amides is 1. The number of nitrogens with one attached hydrogen (secondary N) is 1. The molecule has 1 fully saturated rings. The Kier molecular flexibility index (Phi) is 2.85. The van der Waals surface area contributed by atoms with Crippen molar-refractivity contribution in [2.45, 2.75) is 12.8 Å². The molecule has 1 aromatic rings. The fourth-order valence-corrected chi connectivity index (χ4v) is 1.80. The van der Waals surface area contributed by atoms with E-state index in [2.05, 4.69) is 10.3 Å². The number of carbonyl (C=O) groups excluding carboxylic acids is 1. The summed E-state index contributed by atoms with van der Waals surface area (Å²) >= 11 is 0. The standard InChI is InChI=1S/C11H15N3O/c1-12-10-8-9(4-5-13-10)11(15)14-6-2-3-7-14/h4-5,8H,2-3,6-7H2,1H3,(H,12,13). The lowest BCUT2D eigenvalue weighted by Crippen LogP contribution is -2.27. The molecule has 1 amide bonds. The number of rotatable bonds is 2. The molecule has 4 heteroatoms. The van der Waals surface area contributed by atoms with Crippen LogP contribution in [0.4, 0.5) is 5.82 Å². The van der Waals surface area contributed by atoms with E-state index >= 15 is 0 Å². The first-order chi connectivity index (χ1) is 7.31. The van der Waals surface area contributed by atoms with E-state index in [1.807, 2.05) is 4.90 Å². The highest BCUT2D eigenvalue weighted by Crippen LogP contribution is 2.14. The summed E-state index contributed by atoms with van der Waals surface area (Å²) < 4.78 is 0. The molecule has 1 aliphatic heterocycles. The molecular formula is C11H15N3O. The van der Waals surface area contributed by atoms with E-state index in [-0.39, 0.29) is 5.91 Å². The third-order valence-electron chi connectivity index (χ3n) is 2.66. The van der Waals surface area contributed by atoms with E-state index in [0.717, 1.165) is 37.3 Å². The van der Waals surface area contributed by atoms with E-state index in [1.54, 1.807) is 25.4 Å². The Labute approximate surface area is 89.3 Å². The lowest BCUT2D eigenvalue weighted by molar-refractivity contribution is 0.0793. The lowest BCUT2D eigenvalue weighted by Gasteiger charge is -2.15. The van der Waals surface area contributed by atoms with E-state index < -0.39 is 0 Å². The molecule has 2 heterocycles. The third-order valence-corrected chi connectivity index (χ3v) is 2.66. The quantitative estimate of drug-likeness (QED) is 0.793. The molecule has 1 N–H and O–H groups in total. The minimum Gasteiger partial charge on any atom is -0.373 e. The van der Waals surface area contributed by atoms with Crippen LogP contribution in [0.25, 0.3) is 0 Å². The van der Waals surface area contributed by atoms with Crippen LogP contribution >= 0.6 is 0 Å². The van der Waals surface area contributed by atoms with Crippen molar-refractivity contribution in [1.29, 1.82) is 0 Å². The van der Waals surface area contributed by atoms with E-state index in [4.69, 9.17) is 0 Å². The average molecular weight is 205 g/mol. The predicted molar refractivity (Wildman–Crippen MR) is 58.9 cm³/mol. The van der Waals surface area contributed by atoms with Crippen molar-refractivity contribution in [3.63, 3.8) is 0 Å². The second-order valence-electron chi connectivity index (χ2n) is 3.68. The van der Waals surface area contributed by atoms with Gasteiger partial charge in [-0.3, -0.25) is 4.79 Å². The van der Waals surface area contributed by atoms with Gasteiger partial charge in [0.1, 0.15) is 5.82 Å². The monoisotopic (exact) mass is 205 g/mol. The smallest absolute Gasteiger partial charge is 0.254 e. The Hall–Kier alpha value is -1.58. The SMILES string of the molecule is CNc1cc(C(=O)N2CCCC2)ccn1. The molecule has 1 aliphatic rings. The lowest BCUT2D eigenvalue weighted by atomic mass is 10.2. The highest BCUT2D eigenvalue weighted by Gasteiger charge is 2.19. The zero-order valence-electron chi connectivity index (χ0n) is 8.86. The number of nitrogens with zero attached hydrogens (tertiary/aromatic N) is 2. The molecule has 0 saturated carbocycles. The molecule has 0 atom stereocenters. The highest BCUT2D eigenvalue weighted by molar-refractivity contribution is 5.94. The molecule has 2 rings (SSSR count). The molecule has 80 valence electrons. The first kappa shape index (κ1) is 9.96. The Bertz CT molecular complexity index is 359. The van der Waals surface area contributed by atoms with Crippen LogP contribution < -0.4 is 5.32 Å². The van der Waals surface area contributed by atoms with Crippen LogP contribution in [0.5, 0.6) is 0 Å². The van der Waals surface area contributed by atoms with Gasteiger partial charge in [0.2, 0.25) is 0 Å². The molecule has 0 aromatic carbocycles. The molecule has 1 saturated heterocycles. The van der Waals surface area contributed by atoms with Gasteiger partial charge < -0.3 is 10.2 Å². The van der Waals surface area contributed by atoms with Gasteiger partial charge in [-0.2, -0.15) is 0 Å². The van der Waals surface area contributed by atoms with Crippen molar-refractivity contribution >= 4 is 11.7 Å². The summed E-state index contributed by atoms with van der Waals surface area (Å²) in [5.41, 5.74) is 0.719.